The van der Waals surface area contributed by atoms with Crippen molar-refractivity contribution in [3.05, 3.63) is 53.6 Å². The molecular formula is C14H15N5S. The Morgan fingerprint density at radius 1 is 1.20 bits per heavy atom. The minimum atomic E-state index is 0.194. The summed E-state index contributed by atoms with van der Waals surface area (Å²) in [6, 6.07) is 8.59. The third kappa shape index (κ3) is 2.70. The van der Waals surface area contributed by atoms with Gasteiger partial charge in [-0.2, -0.15) is 0 Å². The third-order valence-electron chi connectivity index (χ3n) is 3.06. The van der Waals surface area contributed by atoms with Gasteiger partial charge in [0.05, 0.1) is 12.4 Å². The summed E-state index contributed by atoms with van der Waals surface area (Å²) >= 11 is 1.57. The molecule has 6 heteroatoms. The Hall–Kier alpha value is -2.21. The predicted octanol–water partition coefficient (Wildman–Crippen LogP) is 3.21. The number of hydrogen-bond donors (Lipinski definition) is 1. The van der Waals surface area contributed by atoms with Gasteiger partial charge in [0.2, 0.25) is 5.13 Å². The average molecular weight is 285 g/mol. The van der Waals surface area contributed by atoms with Crippen LogP contribution in [0.25, 0.3) is 5.69 Å². The summed E-state index contributed by atoms with van der Waals surface area (Å²) in [7, 11) is 0. The van der Waals surface area contributed by atoms with Crippen molar-refractivity contribution in [3.8, 4) is 5.69 Å². The second kappa shape index (κ2) is 5.42. The van der Waals surface area contributed by atoms with E-state index in [0.717, 1.165) is 15.8 Å². The number of aryl methyl sites for hydroxylation is 1. The Bertz CT molecular complexity index is 672. The van der Waals surface area contributed by atoms with Crippen molar-refractivity contribution in [2.75, 3.05) is 5.32 Å². The van der Waals surface area contributed by atoms with Gasteiger partial charge in [-0.3, -0.25) is 0 Å². The first-order chi connectivity index (χ1) is 9.72. The highest BCUT2D eigenvalue weighted by Crippen LogP contribution is 2.22. The average Bonchev–Trinajstić information content (AvgIpc) is 3.11. The third-order valence-corrected chi connectivity index (χ3v) is 3.83. The van der Waals surface area contributed by atoms with Gasteiger partial charge in [0.1, 0.15) is 5.01 Å². The molecule has 0 fully saturated rings. The minimum absolute atomic E-state index is 0.194. The molecule has 2 heterocycles. The van der Waals surface area contributed by atoms with E-state index in [2.05, 4.69) is 51.7 Å². The van der Waals surface area contributed by atoms with Crippen molar-refractivity contribution >= 4 is 16.5 Å². The number of anilines is 1. The number of rotatable bonds is 4. The number of hydrogen-bond acceptors (Lipinski definition) is 5. The van der Waals surface area contributed by atoms with Crippen LogP contribution in [0.1, 0.15) is 23.5 Å². The predicted molar refractivity (Wildman–Crippen MR) is 80.2 cm³/mol. The van der Waals surface area contributed by atoms with Crippen LogP contribution in [-0.2, 0) is 0 Å². The molecule has 5 nitrogen and oxygen atoms in total. The highest BCUT2D eigenvalue weighted by atomic mass is 32.1. The highest BCUT2D eigenvalue weighted by Gasteiger charge is 2.08. The Balaban J connectivity index is 1.74. The van der Waals surface area contributed by atoms with Crippen LogP contribution in [0.2, 0.25) is 0 Å². The molecule has 0 radical (unpaired) electrons. The molecule has 3 rings (SSSR count). The fourth-order valence-corrected chi connectivity index (χ4v) is 2.65. The van der Waals surface area contributed by atoms with Gasteiger partial charge in [-0.1, -0.05) is 23.5 Å². The van der Waals surface area contributed by atoms with Crippen LogP contribution in [0.3, 0.4) is 0 Å². The molecule has 0 aliphatic rings. The van der Waals surface area contributed by atoms with Gasteiger partial charge in [-0.25, -0.2) is 4.98 Å². The van der Waals surface area contributed by atoms with E-state index in [4.69, 9.17) is 0 Å². The maximum Gasteiger partial charge on any atom is 0.206 e. The van der Waals surface area contributed by atoms with Gasteiger partial charge in [-0.05, 0) is 31.5 Å². The number of benzene rings is 1. The first kappa shape index (κ1) is 12.8. The van der Waals surface area contributed by atoms with E-state index in [1.807, 2.05) is 17.7 Å². The zero-order valence-electron chi connectivity index (χ0n) is 11.3. The van der Waals surface area contributed by atoms with E-state index < -0.39 is 0 Å². The Morgan fingerprint density at radius 2 is 2.00 bits per heavy atom. The summed E-state index contributed by atoms with van der Waals surface area (Å²) in [5.74, 6) is 0. The van der Waals surface area contributed by atoms with E-state index in [-0.39, 0.29) is 6.04 Å². The maximum atomic E-state index is 4.08. The molecule has 0 aliphatic carbocycles. The Kier molecular flexibility index (Phi) is 3.47. The largest absolute Gasteiger partial charge is 0.354 e. The molecule has 1 atom stereocenters. The fraction of sp³-hybridized carbons (Fsp3) is 0.214. The van der Waals surface area contributed by atoms with Crippen molar-refractivity contribution in [1.29, 1.82) is 0 Å². The zero-order chi connectivity index (χ0) is 13.9. The van der Waals surface area contributed by atoms with Crippen molar-refractivity contribution < 1.29 is 0 Å². The maximum absolute atomic E-state index is 4.08. The molecule has 2 aromatic heterocycles. The van der Waals surface area contributed by atoms with Crippen LogP contribution in [0.15, 0.2) is 43.0 Å². The summed E-state index contributed by atoms with van der Waals surface area (Å²) in [4.78, 5) is 4.05. The SMILES string of the molecule is Cc1nnc(NC(C)c2ccc(-n3ccnc3)cc2)s1. The number of aromatic nitrogens is 4. The summed E-state index contributed by atoms with van der Waals surface area (Å²) in [5, 5.41) is 13.3. The second-order valence-electron chi connectivity index (χ2n) is 4.55. The normalized spacial score (nSPS) is 12.3. The molecule has 3 aromatic rings. The molecule has 0 aliphatic heterocycles. The lowest BCUT2D eigenvalue weighted by Crippen LogP contribution is -2.06. The summed E-state index contributed by atoms with van der Waals surface area (Å²) in [5.41, 5.74) is 2.31. The number of nitrogens with one attached hydrogen (secondary N) is 1. The topological polar surface area (TPSA) is 55.6 Å². The molecule has 0 saturated carbocycles. The van der Waals surface area contributed by atoms with Gasteiger partial charge < -0.3 is 9.88 Å². The van der Waals surface area contributed by atoms with E-state index in [9.17, 15) is 0 Å². The Labute approximate surface area is 121 Å². The second-order valence-corrected chi connectivity index (χ2v) is 5.74. The van der Waals surface area contributed by atoms with E-state index in [0.29, 0.717) is 0 Å². The van der Waals surface area contributed by atoms with E-state index in [1.165, 1.54) is 5.56 Å². The lowest BCUT2D eigenvalue weighted by Gasteiger charge is -2.13. The molecule has 20 heavy (non-hydrogen) atoms. The van der Waals surface area contributed by atoms with Crippen LogP contribution >= 0.6 is 11.3 Å². The molecule has 0 saturated heterocycles. The van der Waals surface area contributed by atoms with Crippen LogP contribution < -0.4 is 5.32 Å². The first-order valence-corrected chi connectivity index (χ1v) is 7.19. The molecular weight excluding hydrogens is 270 g/mol. The molecule has 0 spiro atoms. The smallest absolute Gasteiger partial charge is 0.206 e. The molecule has 0 bridgehead atoms. The first-order valence-electron chi connectivity index (χ1n) is 6.37. The summed E-state index contributed by atoms with van der Waals surface area (Å²) < 4.78 is 1.98. The lowest BCUT2D eigenvalue weighted by atomic mass is 10.1. The highest BCUT2D eigenvalue weighted by molar-refractivity contribution is 7.15. The lowest BCUT2D eigenvalue weighted by molar-refractivity contribution is 0.870. The number of nitrogens with zero attached hydrogens (tertiary/aromatic N) is 4. The number of imidazole rings is 1. The monoisotopic (exact) mass is 285 g/mol. The van der Waals surface area contributed by atoms with Crippen LogP contribution in [0.4, 0.5) is 5.13 Å². The van der Waals surface area contributed by atoms with Gasteiger partial charge in [0, 0.05) is 18.1 Å². The van der Waals surface area contributed by atoms with Gasteiger partial charge in [0.25, 0.3) is 0 Å². The molecule has 1 N–H and O–H groups in total. The standard InChI is InChI=1S/C14H15N5S/c1-10(16-14-18-17-11(2)20-14)12-3-5-13(6-4-12)19-8-7-15-9-19/h3-10H,1-2H3,(H,16,18). The van der Waals surface area contributed by atoms with E-state index in [1.54, 1.807) is 23.9 Å². The Morgan fingerprint density at radius 3 is 2.60 bits per heavy atom. The van der Waals surface area contributed by atoms with Gasteiger partial charge in [-0.15, -0.1) is 10.2 Å². The fourth-order valence-electron chi connectivity index (χ4n) is 1.97. The van der Waals surface area contributed by atoms with Crippen molar-refractivity contribution in [2.45, 2.75) is 19.9 Å². The minimum Gasteiger partial charge on any atom is -0.354 e. The zero-order valence-corrected chi connectivity index (χ0v) is 12.1. The van der Waals surface area contributed by atoms with Crippen LogP contribution in [-0.4, -0.2) is 19.7 Å². The summed E-state index contributed by atoms with van der Waals surface area (Å²) in [6.07, 6.45) is 5.50. The van der Waals surface area contributed by atoms with Crippen molar-refractivity contribution in [2.24, 2.45) is 0 Å². The van der Waals surface area contributed by atoms with E-state index >= 15 is 0 Å². The van der Waals surface area contributed by atoms with Crippen molar-refractivity contribution in [3.63, 3.8) is 0 Å². The van der Waals surface area contributed by atoms with Gasteiger partial charge in [0.15, 0.2) is 0 Å². The molecule has 1 unspecified atom stereocenters. The molecule has 102 valence electrons. The molecule has 0 amide bonds. The quantitative estimate of drug-likeness (QED) is 0.799. The van der Waals surface area contributed by atoms with Crippen LogP contribution in [0.5, 0.6) is 0 Å². The molecule has 1 aromatic carbocycles. The van der Waals surface area contributed by atoms with Crippen LogP contribution in [0, 0.1) is 6.92 Å². The van der Waals surface area contributed by atoms with Gasteiger partial charge >= 0.3 is 0 Å². The van der Waals surface area contributed by atoms with Crippen molar-refractivity contribution in [1.82, 2.24) is 19.7 Å². The summed E-state index contributed by atoms with van der Waals surface area (Å²) in [6.45, 7) is 4.07.